The lowest BCUT2D eigenvalue weighted by atomic mass is 10.0. The van der Waals surface area contributed by atoms with Gasteiger partial charge in [-0.3, -0.25) is 16.0 Å². The summed E-state index contributed by atoms with van der Waals surface area (Å²) in [5.74, 6) is 6.63. The van der Waals surface area contributed by atoms with Gasteiger partial charge in [0.25, 0.3) is 0 Å². The van der Waals surface area contributed by atoms with Crippen molar-refractivity contribution >= 4 is 15.9 Å². The number of nitrogens with two attached hydrogens (primary N) is 1. The number of hydrogen-bond donors (Lipinski definition) is 2. The molecule has 1 aromatic carbocycles. The third-order valence-electron chi connectivity index (χ3n) is 3.46. The maximum Gasteiger partial charge on any atom is 0.122 e. The Bertz CT molecular complexity index is 612. The molecule has 0 bridgehead atoms. The van der Waals surface area contributed by atoms with Crippen LogP contribution in [0.2, 0.25) is 0 Å². The number of methoxy groups -OCH3 is 1. The third kappa shape index (κ3) is 3.64. The lowest BCUT2D eigenvalue weighted by molar-refractivity contribution is 0.403. The molecule has 0 saturated carbocycles. The van der Waals surface area contributed by atoms with Crippen LogP contribution in [-0.2, 0) is 13.0 Å². The van der Waals surface area contributed by atoms with Crippen LogP contribution in [0.25, 0.3) is 0 Å². The molecule has 0 saturated heterocycles. The summed E-state index contributed by atoms with van der Waals surface area (Å²) in [5.41, 5.74) is 6.06. The molecule has 0 aliphatic carbocycles. The van der Waals surface area contributed by atoms with Crippen molar-refractivity contribution in [1.82, 2.24) is 15.2 Å². The van der Waals surface area contributed by atoms with Crippen molar-refractivity contribution in [1.29, 1.82) is 0 Å². The highest BCUT2D eigenvalue weighted by Gasteiger charge is 2.18. The van der Waals surface area contributed by atoms with Crippen LogP contribution in [0.3, 0.4) is 0 Å². The minimum absolute atomic E-state index is 0.0191. The van der Waals surface area contributed by atoms with E-state index in [0.29, 0.717) is 0 Å². The lowest BCUT2D eigenvalue weighted by Gasteiger charge is -2.19. The monoisotopic (exact) mass is 352 g/mol. The van der Waals surface area contributed by atoms with Gasteiger partial charge in [0.1, 0.15) is 5.75 Å². The third-order valence-corrected chi connectivity index (χ3v) is 3.95. The van der Waals surface area contributed by atoms with Crippen LogP contribution >= 0.6 is 15.9 Å². The standard InChI is InChI=1S/C15H21BrN4O/c1-4-20-14(7-10(2)19-20)13(18-17)9-11-8-12(16)5-6-15(11)21-3/h5-8,13,18H,4,9,17H2,1-3H3. The first-order valence-electron chi connectivity index (χ1n) is 6.92. The SMILES string of the molecule is CCn1nc(C)cc1C(Cc1cc(Br)ccc1OC)NN. The van der Waals surface area contributed by atoms with Crippen molar-refractivity contribution in [3.63, 3.8) is 0 Å². The second-order valence-electron chi connectivity index (χ2n) is 4.91. The van der Waals surface area contributed by atoms with E-state index >= 15 is 0 Å². The zero-order valence-electron chi connectivity index (χ0n) is 12.6. The molecule has 1 unspecified atom stereocenters. The normalized spacial score (nSPS) is 12.4. The molecule has 0 fully saturated rings. The second kappa shape index (κ2) is 7.06. The number of ether oxygens (including phenoxy) is 1. The van der Waals surface area contributed by atoms with Gasteiger partial charge in [0.05, 0.1) is 24.5 Å². The first kappa shape index (κ1) is 16.0. The molecule has 1 heterocycles. The van der Waals surface area contributed by atoms with Crippen LogP contribution in [0, 0.1) is 6.92 Å². The minimum atomic E-state index is -0.0191. The molecule has 2 aromatic rings. The van der Waals surface area contributed by atoms with Crippen LogP contribution in [0.1, 0.15) is 29.9 Å². The summed E-state index contributed by atoms with van der Waals surface area (Å²) >= 11 is 3.50. The number of hydrogen-bond acceptors (Lipinski definition) is 4. The largest absolute Gasteiger partial charge is 0.496 e. The van der Waals surface area contributed by atoms with E-state index in [0.717, 1.165) is 40.1 Å². The van der Waals surface area contributed by atoms with Gasteiger partial charge in [0.2, 0.25) is 0 Å². The van der Waals surface area contributed by atoms with Gasteiger partial charge in [0, 0.05) is 11.0 Å². The Labute approximate surface area is 133 Å². The number of nitrogens with one attached hydrogen (secondary N) is 1. The minimum Gasteiger partial charge on any atom is -0.496 e. The Balaban J connectivity index is 2.33. The fourth-order valence-corrected chi connectivity index (χ4v) is 2.88. The predicted molar refractivity (Wildman–Crippen MR) is 87.1 cm³/mol. The van der Waals surface area contributed by atoms with E-state index in [1.165, 1.54) is 0 Å². The Hall–Kier alpha value is -1.37. The number of rotatable bonds is 6. The molecule has 1 atom stereocenters. The zero-order chi connectivity index (χ0) is 15.4. The summed E-state index contributed by atoms with van der Waals surface area (Å²) in [6, 6.07) is 8.03. The smallest absolute Gasteiger partial charge is 0.122 e. The average Bonchev–Trinajstić information content (AvgIpc) is 2.86. The Morgan fingerprint density at radius 2 is 2.19 bits per heavy atom. The molecule has 3 N–H and O–H groups in total. The highest BCUT2D eigenvalue weighted by molar-refractivity contribution is 9.10. The van der Waals surface area contributed by atoms with Gasteiger partial charge in [-0.25, -0.2) is 0 Å². The molecule has 0 aliphatic heterocycles. The topological polar surface area (TPSA) is 65.1 Å². The van der Waals surface area contributed by atoms with Gasteiger partial charge in [0.15, 0.2) is 0 Å². The quantitative estimate of drug-likeness (QED) is 0.619. The fourth-order valence-electron chi connectivity index (χ4n) is 2.47. The summed E-state index contributed by atoms with van der Waals surface area (Å²) in [6.45, 7) is 4.88. The molecule has 0 aliphatic rings. The number of aromatic nitrogens is 2. The van der Waals surface area contributed by atoms with Gasteiger partial charge in [-0.2, -0.15) is 5.10 Å². The van der Waals surface area contributed by atoms with Crippen LogP contribution < -0.4 is 16.0 Å². The summed E-state index contributed by atoms with van der Waals surface area (Å²) in [7, 11) is 1.68. The molecule has 0 amide bonds. The van der Waals surface area contributed by atoms with Crippen molar-refractivity contribution in [2.45, 2.75) is 32.9 Å². The Kier molecular flexibility index (Phi) is 5.39. The van der Waals surface area contributed by atoms with Crippen LogP contribution in [-0.4, -0.2) is 16.9 Å². The fraction of sp³-hybridized carbons (Fsp3) is 0.400. The second-order valence-corrected chi connectivity index (χ2v) is 5.82. The number of nitrogens with zero attached hydrogens (tertiary/aromatic N) is 2. The van der Waals surface area contributed by atoms with Crippen molar-refractivity contribution in [2.24, 2.45) is 5.84 Å². The van der Waals surface area contributed by atoms with E-state index in [1.54, 1.807) is 7.11 Å². The molecular formula is C15H21BrN4O. The summed E-state index contributed by atoms with van der Waals surface area (Å²) in [4.78, 5) is 0. The van der Waals surface area contributed by atoms with E-state index in [2.05, 4.69) is 45.5 Å². The maximum absolute atomic E-state index is 5.77. The molecule has 2 rings (SSSR count). The lowest BCUT2D eigenvalue weighted by Crippen LogP contribution is -2.31. The van der Waals surface area contributed by atoms with E-state index in [4.69, 9.17) is 10.6 Å². The molecular weight excluding hydrogens is 332 g/mol. The zero-order valence-corrected chi connectivity index (χ0v) is 14.1. The number of aryl methyl sites for hydroxylation is 2. The number of halogens is 1. The summed E-state index contributed by atoms with van der Waals surface area (Å²) in [5, 5.41) is 4.48. The highest BCUT2D eigenvalue weighted by atomic mass is 79.9. The van der Waals surface area contributed by atoms with Gasteiger partial charge < -0.3 is 4.74 Å². The van der Waals surface area contributed by atoms with Gasteiger partial charge in [-0.05, 0) is 50.1 Å². The molecule has 5 nitrogen and oxygen atoms in total. The summed E-state index contributed by atoms with van der Waals surface area (Å²) in [6.07, 6.45) is 0.726. The predicted octanol–water partition coefficient (Wildman–Crippen LogP) is 2.73. The first-order valence-corrected chi connectivity index (χ1v) is 7.71. The van der Waals surface area contributed by atoms with Crippen molar-refractivity contribution in [3.8, 4) is 5.75 Å². The van der Waals surface area contributed by atoms with E-state index in [1.807, 2.05) is 23.7 Å². The van der Waals surface area contributed by atoms with E-state index in [9.17, 15) is 0 Å². The van der Waals surface area contributed by atoms with E-state index in [-0.39, 0.29) is 6.04 Å². The Morgan fingerprint density at radius 3 is 2.81 bits per heavy atom. The maximum atomic E-state index is 5.77. The van der Waals surface area contributed by atoms with E-state index < -0.39 is 0 Å². The van der Waals surface area contributed by atoms with Crippen molar-refractivity contribution in [2.75, 3.05) is 7.11 Å². The highest BCUT2D eigenvalue weighted by Crippen LogP contribution is 2.28. The van der Waals surface area contributed by atoms with Crippen molar-refractivity contribution < 1.29 is 4.74 Å². The first-order chi connectivity index (χ1) is 10.1. The van der Waals surface area contributed by atoms with Crippen molar-refractivity contribution in [3.05, 3.63) is 45.7 Å². The van der Waals surface area contributed by atoms with Crippen LogP contribution in [0.4, 0.5) is 0 Å². The van der Waals surface area contributed by atoms with Gasteiger partial charge in [-0.15, -0.1) is 0 Å². The van der Waals surface area contributed by atoms with Crippen LogP contribution in [0.15, 0.2) is 28.7 Å². The molecule has 0 radical (unpaired) electrons. The Morgan fingerprint density at radius 1 is 1.43 bits per heavy atom. The van der Waals surface area contributed by atoms with Gasteiger partial charge >= 0.3 is 0 Å². The molecule has 1 aromatic heterocycles. The molecule has 114 valence electrons. The summed E-state index contributed by atoms with van der Waals surface area (Å²) < 4.78 is 8.43. The molecule has 21 heavy (non-hydrogen) atoms. The molecule has 0 spiro atoms. The average molecular weight is 353 g/mol. The van der Waals surface area contributed by atoms with Crippen LogP contribution in [0.5, 0.6) is 5.75 Å². The molecule has 6 heteroatoms. The number of benzene rings is 1. The van der Waals surface area contributed by atoms with Gasteiger partial charge in [-0.1, -0.05) is 15.9 Å². The number of hydrazine groups is 1.